The second kappa shape index (κ2) is 11.3. The number of aryl methyl sites for hydroxylation is 2. The molecule has 0 N–H and O–H groups in total. The van der Waals surface area contributed by atoms with Gasteiger partial charge in [-0.05, 0) is 42.8 Å². The lowest BCUT2D eigenvalue weighted by Crippen LogP contribution is -2.48. The number of benzene rings is 2. The number of halogens is 3. The SMILES string of the molecule is C=CC(=O)N1CCN(c2nc(CCc3ccccn3)nc3c(F)c(-c4c(F)cccc4OC)c(Cl)cc23)CC1. The molecule has 1 saturated heterocycles. The Morgan fingerprint density at radius 1 is 1.08 bits per heavy atom. The second-order valence-electron chi connectivity index (χ2n) is 9.06. The molecule has 10 heteroatoms. The average molecular weight is 550 g/mol. The maximum absolute atomic E-state index is 16.3. The van der Waals surface area contributed by atoms with Crippen molar-refractivity contribution in [1.29, 1.82) is 0 Å². The van der Waals surface area contributed by atoms with Crippen molar-refractivity contribution in [1.82, 2.24) is 19.9 Å². The number of rotatable bonds is 7. The first-order chi connectivity index (χ1) is 18.9. The van der Waals surface area contributed by atoms with E-state index in [-0.39, 0.29) is 33.3 Å². The Balaban J connectivity index is 1.63. The van der Waals surface area contributed by atoms with E-state index in [4.69, 9.17) is 21.3 Å². The molecule has 39 heavy (non-hydrogen) atoms. The quantitative estimate of drug-likeness (QED) is 0.293. The van der Waals surface area contributed by atoms with Crippen molar-refractivity contribution >= 4 is 34.2 Å². The number of carbonyl (C=O) groups excluding carboxylic acids is 1. The first-order valence-electron chi connectivity index (χ1n) is 12.5. The third-order valence-corrected chi connectivity index (χ3v) is 7.05. The molecule has 200 valence electrons. The molecular formula is C29H26ClF2N5O2. The van der Waals surface area contributed by atoms with E-state index in [1.165, 1.54) is 25.3 Å². The Kier molecular flexibility index (Phi) is 7.70. The molecule has 3 heterocycles. The maximum atomic E-state index is 16.3. The zero-order valence-corrected chi connectivity index (χ0v) is 22.1. The Labute approximate surface area is 229 Å². The van der Waals surface area contributed by atoms with Gasteiger partial charge >= 0.3 is 0 Å². The van der Waals surface area contributed by atoms with Gasteiger partial charge in [-0.2, -0.15) is 0 Å². The molecule has 0 atom stereocenters. The van der Waals surface area contributed by atoms with E-state index in [0.717, 1.165) is 5.69 Å². The molecule has 2 aromatic carbocycles. The minimum atomic E-state index is -0.760. The lowest BCUT2D eigenvalue weighted by Gasteiger charge is -2.35. The Hall–Kier alpha value is -4.11. The second-order valence-corrected chi connectivity index (χ2v) is 9.47. The molecule has 1 fully saturated rings. The third kappa shape index (κ3) is 5.27. The molecule has 1 aliphatic rings. The van der Waals surface area contributed by atoms with Crippen LogP contribution in [0.2, 0.25) is 5.02 Å². The summed E-state index contributed by atoms with van der Waals surface area (Å²) >= 11 is 6.61. The van der Waals surface area contributed by atoms with Gasteiger partial charge in [0.15, 0.2) is 5.82 Å². The van der Waals surface area contributed by atoms with Crippen LogP contribution in [0.5, 0.6) is 5.75 Å². The van der Waals surface area contributed by atoms with Crippen LogP contribution in [0.3, 0.4) is 0 Å². The van der Waals surface area contributed by atoms with Crippen LogP contribution in [0.4, 0.5) is 14.6 Å². The van der Waals surface area contributed by atoms with E-state index in [1.807, 2.05) is 23.1 Å². The van der Waals surface area contributed by atoms with Crippen LogP contribution in [0.15, 0.2) is 61.3 Å². The Bertz CT molecular complexity index is 1540. The van der Waals surface area contributed by atoms with Crippen molar-refractivity contribution < 1.29 is 18.3 Å². The molecule has 0 unspecified atom stereocenters. The third-order valence-electron chi connectivity index (χ3n) is 6.75. The van der Waals surface area contributed by atoms with E-state index in [0.29, 0.717) is 56.0 Å². The summed E-state index contributed by atoms with van der Waals surface area (Å²) in [7, 11) is 1.39. The van der Waals surface area contributed by atoms with Crippen molar-refractivity contribution in [3.63, 3.8) is 0 Å². The fraction of sp³-hybridized carbons (Fsp3) is 0.241. The highest BCUT2D eigenvalue weighted by atomic mass is 35.5. The van der Waals surface area contributed by atoms with Gasteiger partial charge in [0.25, 0.3) is 0 Å². The molecule has 0 saturated carbocycles. The number of nitrogens with zero attached hydrogens (tertiary/aromatic N) is 5. The number of anilines is 1. The summed E-state index contributed by atoms with van der Waals surface area (Å²) in [6, 6.07) is 11.5. The summed E-state index contributed by atoms with van der Waals surface area (Å²) in [5, 5.41) is 0.414. The predicted molar refractivity (Wildman–Crippen MR) is 147 cm³/mol. The van der Waals surface area contributed by atoms with Crippen LogP contribution in [0.1, 0.15) is 11.5 Å². The molecule has 0 radical (unpaired) electrons. The van der Waals surface area contributed by atoms with Gasteiger partial charge in [-0.3, -0.25) is 9.78 Å². The van der Waals surface area contributed by atoms with E-state index in [2.05, 4.69) is 16.5 Å². The van der Waals surface area contributed by atoms with Gasteiger partial charge in [0, 0.05) is 55.4 Å². The molecule has 2 aromatic heterocycles. The summed E-state index contributed by atoms with van der Waals surface area (Å²) in [4.78, 5) is 29.5. The molecule has 7 nitrogen and oxygen atoms in total. The number of fused-ring (bicyclic) bond motifs is 1. The number of pyridine rings is 1. The van der Waals surface area contributed by atoms with Crippen molar-refractivity contribution in [3.05, 3.63) is 89.5 Å². The maximum Gasteiger partial charge on any atom is 0.246 e. The van der Waals surface area contributed by atoms with Gasteiger partial charge in [-0.25, -0.2) is 18.7 Å². The zero-order chi connectivity index (χ0) is 27.5. The van der Waals surface area contributed by atoms with E-state index in [9.17, 15) is 9.18 Å². The summed E-state index contributed by atoms with van der Waals surface area (Å²) < 4.78 is 36.6. The monoisotopic (exact) mass is 549 g/mol. The molecular weight excluding hydrogens is 524 g/mol. The first-order valence-corrected chi connectivity index (χ1v) is 12.9. The summed E-state index contributed by atoms with van der Waals surface area (Å²) in [5.74, 6) is -0.486. The zero-order valence-electron chi connectivity index (χ0n) is 21.3. The number of aromatic nitrogens is 3. The number of amides is 1. The van der Waals surface area contributed by atoms with Crippen LogP contribution in [-0.4, -0.2) is 59.0 Å². The number of hydrogen-bond donors (Lipinski definition) is 0. The van der Waals surface area contributed by atoms with Crippen LogP contribution in [0, 0.1) is 11.6 Å². The van der Waals surface area contributed by atoms with Crippen LogP contribution in [0.25, 0.3) is 22.0 Å². The molecule has 5 rings (SSSR count). The lowest BCUT2D eigenvalue weighted by atomic mass is 10.0. The van der Waals surface area contributed by atoms with Gasteiger partial charge < -0.3 is 14.5 Å². The fourth-order valence-electron chi connectivity index (χ4n) is 4.78. The molecule has 0 aliphatic carbocycles. The van der Waals surface area contributed by atoms with Crippen molar-refractivity contribution in [2.45, 2.75) is 12.8 Å². The smallest absolute Gasteiger partial charge is 0.246 e. The van der Waals surface area contributed by atoms with E-state index in [1.54, 1.807) is 23.2 Å². The number of hydrogen-bond acceptors (Lipinski definition) is 6. The topological polar surface area (TPSA) is 71.5 Å². The molecule has 0 bridgehead atoms. The van der Waals surface area contributed by atoms with Gasteiger partial charge in [0.2, 0.25) is 5.91 Å². The van der Waals surface area contributed by atoms with Crippen LogP contribution < -0.4 is 9.64 Å². The number of carbonyl (C=O) groups is 1. The largest absolute Gasteiger partial charge is 0.496 e. The summed E-state index contributed by atoms with van der Waals surface area (Å²) in [5.41, 5.74) is 0.690. The highest BCUT2D eigenvalue weighted by Gasteiger charge is 2.27. The number of methoxy groups -OCH3 is 1. The lowest BCUT2D eigenvalue weighted by molar-refractivity contribution is -0.126. The number of ether oxygens (including phenoxy) is 1. The normalized spacial score (nSPS) is 13.5. The van der Waals surface area contributed by atoms with Crippen molar-refractivity contribution in [2.24, 2.45) is 0 Å². The van der Waals surface area contributed by atoms with Crippen LogP contribution >= 0.6 is 11.6 Å². The van der Waals surface area contributed by atoms with Crippen molar-refractivity contribution in [3.8, 4) is 16.9 Å². The predicted octanol–water partition coefficient (Wildman–Crippen LogP) is 5.25. The van der Waals surface area contributed by atoms with E-state index >= 15 is 4.39 Å². The molecule has 1 aliphatic heterocycles. The Morgan fingerprint density at radius 3 is 2.56 bits per heavy atom. The molecule has 4 aromatic rings. The van der Waals surface area contributed by atoms with Gasteiger partial charge in [0.05, 0.1) is 17.7 Å². The molecule has 1 amide bonds. The minimum absolute atomic E-state index is 0.00922. The van der Waals surface area contributed by atoms with E-state index < -0.39 is 11.6 Å². The number of piperazine rings is 1. The first kappa shape index (κ1) is 26.5. The standard InChI is InChI=1S/C29H26ClF2N5O2/c1-3-24(38)36-13-15-37(16-14-36)29-19-17-20(30)25(26-21(31)8-6-9-22(26)39-2)27(32)28(19)34-23(35-29)11-10-18-7-4-5-12-33-18/h3-9,12,17H,1,10-11,13-16H2,2H3. The van der Waals surface area contributed by atoms with Crippen LogP contribution in [-0.2, 0) is 17.6 Å². The fourth-order valence-corrected chi connectivity index (χ4v) is 5.06. The van der Waals surface area contributed by atoms with Gasteiger partial charge in [-0.15, -0.1) is 0 Å². The molecule has 0 spiro atoms. The minimum Gasteiger partial charge on any atom is -0.496 e. The van der Waals surface area contributed by atoms with Gasteiger partial charge in [0.1, 0.15) is 28.7 Å². The average Bonchev–Trinajstić information content (AvgIpc) is 2.97. The van der Waals surface area contributed by atoms with Gasteiger partial charge in [-0.1, -0.05) is 30.3 Å². The van der Waals surface area contributed by atoms with Crippen molar-refractivity contribution in [2.75, 3.05) is 38.2 Å². The Morgan fingerprint density at radius 2 is 1.87 bits per heavy atom. The summed E-state index contributed by atoms with van der Waals surface area (Å²) in [6.45, 7) is 5.44. The highest BCUT2D eigenvalue weighted by molar-refractivity contribution is 6.34. The highest BCUT2D eigenvalue weighted by Crippen LogP contribution is 2.42. The summed E-state index contributed by atoms with van der Waals surface area (Å²) in [6.07, 6.45) is 3.97.